The molecule has 0 bridgehead atoms. The van der Waals surface area contributed by atoms with Crippen LogP contribution in [0.15, 0.2) is 59.4 Å². The van der Waals surface area contributed by atoms with Gasteiger partial charge in [-0.2, -0.15) is 0 Å². The van der Waals surface area contributed by atoms with Gasteiger partial charge >= 0.3 is 0 Å². The third-order valence-electron chi connectivity index (χ3n) is 4.48. The van der Waals surface area contributed by atoms with Gasteiger partial charge in [0.25, 0.3) is 5.56 Å². The SMILES string of the molecule is CCc1cc(=O)n(CC(=O)Nc2ccc(N(C)C)cc2)c(-c2cccc(F)c2)n1. The second-order valence-corrected chi connectivity index (χ2v) is 6.85. The number of aromatic nitrogens is 2. The highest BCUT2D eigenvalue weighted by molar-refractivity contribution is 5.91. The number of rotatable bonds is 6. The number of hydrogen-bond donors (Lipinski definition) is 1. The van der Waals surface area contributed by atoms with E-state index in [1.807, 2.05) is 38.1 Å². The predicted molar refractivity (Wildman–Crippen MR) is 113 cm³/mol. The van der Waals surface area contributed by atoms with Gasteiger partial charge in [-0.1, -0.05) is 19.1 Å². The van der Waals surface area contributed by atoms with Crippen LogP contribution in [0.4, 0.5) is 15.8 Å². The minimum absolute atomic E-state index is 0.225. The zero-order valence-electron chi connectivity index (χ0n) is 16.6. The molecule has 0 aliphatic rings. The van der Waals surface area contributed by atoms with Crippen LogP contribution in [-0.2, 0) is 17.8 Å². The van der Waals surface area contributed by atoms with Gasteiger partial charge in [0.1, 0.15) is 18.2 Å². The van der Waals surface area contributed by atoms with Crippen molar-refractivity contribution in [1.82, 2.24) is 9.55 Å². The lowest BCUT2D eigenvalue weighted by atomic mass is 10.2. The average Bonchev–Trinajstić information content (AvgIpc) is 2.69. The van der Waals surface area contributed by atoms with E-state index < -0.39 is 5.82 Å². The summed E-state index contributed by atoms with van der Waals surface area (Å²) in [5.74, 6) is -0.531. The van der Waals surface area contributed by atoms with Crippen LogP contribution in [0.1, 0.15) is 12.6 Å². The zero-order valence-corrected chi connectivity index (χ0v) is 16.6. The molecule has 150 valence electrons. The summed E-state index contributed by atoms with van der Waals surface area (Å²) in [6, 6.07) is 14.6. The van der Waals surface area contributed by atoms with Crippen LogP contribution in [0.5, 0.6) is 0 Å². The standard InChI is InChI=1S/C22H23FN4O2/c1-4-17-13-21(29)27(22(25-17)15-6-5-7-16(23)12-15)14-20(28)24-18-8-10-19(11-9-18)26(2)3/h5-13H,4,14H2,1-3H3,(H,24,28). The van der Waals surface area contributed by atoms with Crippen LogP contribution in [0.2, 0.25) is 0 Å². The van der Waals surface area contributed by atoms with Crippen molar-refractivity contribution in [2.24, 2.45) is 0 Å². The molecule has 0 unspecified atom stereocenters. The highest BCUT2D eigenvalue weighted by Gasteiger charge is 2.14. The number of nitrogens with one attached hydrogen (secondary N) is 1. The molecule has 0 aliphatic carbocycles. The van der Waals surface area contributed by atoms with Crippen molar-refractivity contribution in [3.63, 3.8) is 0 Å². The van der Waals surface area contributed by atoms with Crippen molar-refractivity contribution in [3.05, 3.63) is 76.5 Å². The van der Waals surface area contributed by atoms with Crippen LogP contribution >= 0.6 is 0 Å². The monoisotopic (exact) mass is 394 g/mol. The molecule has 0 radical (unpaired) electrons. The Labute approximate surface area is 168 Å². The van der Waals surface area contributed by atoms with Gasteiger partial charge in [0.15, 0.2) is 0 Å². The van der Waals surface area contributed by atoms with Crippen LogP contribution in [0, 0.1) is 5.82 Å². The molecule has 1 aromatic heterocycles. The van der Waals surface area contributed by atoms with Gasteiger partial charge in [0.05, 0.1) is 0 Å². The molecule has 3 rings (SSSR count). The van der Waals surface area contributed by atoms with Crippen molar-refractivity contribution < 1.29 is 9.18 Å². The minimum atomic E-state index is -0.435. The first-order chi connectivity index (χ1) is 13.9. The Morgan fingerprint density at radius 3 is 2.48 bits per heavy atom. The quantitative estimate of drug-likeness (QED) is 0.697. The molecule has 1 heterocycles. The molecule has 0 saturated carbocycles. The number of amides is 1. The summed E-state index contributed by atoms with van der Waals surface area (Å²) in [5, 5.41) is 2.78. The lowest BCUT2D eigenvalue weighted by molar-refractivity contribution is -0.116. The van der Waals surface area contributed by atoms with Crippen LogP contribution < -0.4 is 15.8 Å². The number of hydrogen-bond acceptors (Lipinski definition) is 4. The highest BCUT2D eigenvalue weighted by atomic mass is 19.1. The van der Waals surface area contributed by atoms with Crippen LogP contribution in [-0.4, -0.2) is 29.6 Å². The van der Waals surface area contributed by atoms with Crippen molar-refractivity contribution in [3.8, 4) is 11.4 Å². The number of carbonyl (C=O) groups is 1. The molecule has 0 spiro atoms. The largest absolute Gasteiger partial charge is 0.378 e. The van der Waals surface area contributed by atoms with Gasteiger partial charge in [0, 0.05) is 42.8 Å². The summed E-state index contributed by atoms with van der Waals surface area (Å²) >= 11 is 0. The molecule has 0 atom stereocenters. The maximum atomic E-state index is 13.7. The molecule has 1 amide bonds. The molecule has 0 saturated heterocycles. The van der Waals surface area contributed by atoms with Crippen LogP contribution in [0.25, 0.3) is 11.4 Å². The number of benzene rings is 2. The lowest BCUT2D eigenvalue weighted by Crippen LogP contribution is -2.30. The lowest BCUT2D eigenvalue weighted by Gasteiger charge is -2.15. The first-order valence-corrected chi connectivity index (χ1v) is 9.31. The van der Waals surface area contributed by atoms with Gasteiger partial charge in [-0.05, 0) is 42.8 Å². The van der Waals surface area contributed by atoms with Gasteiger partial charge in [0.2, 0.25) is 5.91 Å². The Bertz CT molecular complexity index is 1070. The van der Waals surface area contributed by atoms with Gasteiger partial charge in [-0.3, -0.25) is 14.2 Å². The summed E-state index contributed by atoms with van der Waals surface area (Å²) in [5.41, 5.74) is 2.31. The van der Waals surface area contributed by atoms with E-state index in [0.717, 1.165) is 5.69 Å². The van der Waals surface area contributed by atoms with E-state index in [1.165, 1.54) is 22.8 Å². The van der Waals surface area contributed by atoms with E-state index in [-0.39, 0.29) is 23.8 Å². The average molecular weight is 394 g/mol. The van der Waals surface area contributed by atoms with E-state index in [4.69, 9.17) is 0 Å². The maximum absolute atomic E-state index is 13.7. The molecule has 3 aromatic rings. The van der Waals surface area contributed by atoms with Crippen molar-refractivity contribution >= 4 is 17.3 Å². The molecule has 2 aromatic carbocycles. The van der Waals surface area contributed by atoms with Gasteiger partial charge in [-0.15, -0.1) is 0 Å². The number of halogens is 1. The molecule has 29 heavy (non-hydrogen) atoms. The molecule has 6 nitrogen and oxygen atoms in total. The Hall–Kier alpha value is -3.48. The molecule has 0 fully saturated rings. The van der Waals surface area contributed by atoms with E-state index >= 15 is 0 Å². The molecule has 0 aliphatic heterocycles. The summed E-state index contributed by atoms with van der Waals surface area (Å²) in [6.45, 7) is 1.66. The predicted octanol–water partition coefficient (Wildman–Crippen LogP) is 3.32. The van der Waals surface area contributed by atoms with Gasteiger partial charge < -0.3 is 10.2 Å². The third kappa shape index (κ3) is 4.87. The number of anilines is 2. The summed E-state index contributed by atoms with van der Waals surface area (Å²) in [6.07, 6.45) is 0.558. The molecular formula is C22H23FN4O2. The summed E-state index contributed by atoms with van der Waals surface area (Å²) < 4.78 is 15.0. The number of aryl methyl sites for hydroxylation is 1. The van der Waals surface area contributed by atoms with E-state index in [9.17, 15) is 14.0 Å². The maximum Gasteiger partial charge on any atom is 0.254 e. The Kier molecular flexibility index (Phi) is 6.07. The van der Waals surface area contributed by atoms with E-state index in [0.29, 0.717) is 23.4 Å². The van der Waals surface area contributed by atoms with Gasteiger partial charge in [-0.25, -0.2) is 9.37 Å². The van der Waals surface area contributed by atoms with E-state index in [2.05, 4.69) is 10.3 Å². The second kappa shape index (κ2) is 8.68. The minimum Gasteiger partial charge on any atom is -0.378 e. The molecule has 7 heteroatoms. The molecular weight excluding hydrogens is 371 g/mol. The van der Waals surface area contributed by atoms with Crippen molar-refractivity contribution in [2.45, 2.75) is 19.9 Å². The Balaban J connectivity index is 1.89. The fourth-order valence-corrected chi connectivity index (χ4v) is 2.92. The smallest absolute Gasteiger partial charge is 0.254 e. The fraction of sp³-hybridized carbons (Fsp3) is 0.227. The normalized spacial score (nSPS) is 10.6. The topological polar surface area (TPSA) is 67.2 Å². The van der Waals surface area contributed by atoms with Crippen molar-refractivity contribution in [2.75, 3.05) is 24.3 Å². The number of carbonyl (C=O) groups excluding carboxylic acids is 1. The van der Waals surface area contributed by atoms with Crippen molar-refractivity contribution in [1.29, 1.82) is 0 Å². The van der Waals surface area contributed by atoms with E-state index in [1.54, 1.807) is 24.3 Å². The molecule has 1 N–H and O–H groups in total. The highest BCUT2D eigenvalue weighted by Crippen LogP contribution is 2.19. The third-order valence-corrected chi connectivity index (χ3v) is 4.48. The Morgan fingerprint density at radius 1 is 1.14 bits per heavy atom. The first-order valence-electron chi connectivity index (χ1n) is 9.31. The summed E-state index contributed by atoms with van der Waals surface area (Å²) in [7, 11) is 3.86. The number of nitrogens with zero attached hydrogens (tertiary/aromatic N) is 3. The zero-order chi connectivity index (χ0) is 21.0. The fourth-order valence-electron chi connectivity index (χ4n) is 2.92. The van der Waals surface area contributed by atoms with Crippen LogP contribution in [0.3, 0.4) is 0 Å². The first kappa shape index (κ1) is 20.3. The summed E-state index contributed by atoms with van der Waals surface area (Å²) in [4.78, 5) is 31.6. The Morgan fingerprint density at radius 2 is 1.86 bits per heavy atom. The second-order valence-electron chi connectivity index (χ2n) is 6.85.